The fourth-order valence-electron chi connectivity index (χ4n) is 1.68. The largest absolute Gasteiger partial charge is 0.392 e. The Bertz CT molecular complexity index is 474. The van der Waals surface area contributed by atoms with Crippen LogP contribution in [0, 0.1) is 12.7 Å². The summed E-state index contributed by atoms with van der Waals surface area (Å²) in [7, 11) is 0. The van der Waals surface area contributed by atoms with E-state index in [1.807, 2.05) is 13.8 Å². The molecule has 0 fully saturated rings. The van der Waals surface area contributed by atoms with E-state index in [0.29, 0.717) is 11.1 Å². The van der Waals surface area contributed by atoms with Crippen molar-refractivity contribution >= 4 is 23.1 Å². The van der Waals surface area contributed by atoms with Crippen LogP contribution in [0.15, 0.2) is 18.2 Å². The quantitative estimate of drug-likeness (QED) is 0.852. The number of hydrogen-bond donors (Lipinski definition) is 1. The lowest BCUT2D eigenvalue weighted by atomic mass is 10.1. The van der Waals surface area contributed by atoms with Gasteiger partial charge in [0.05, 0.1) is 11.5 Å². The van der Waals surface area contributed by atoms with Gasteiger partial charge in [0.15, 0.2) is 0 Å². The Balaban J connectivity index is 3.05. The molecule has 0 unspecified atom stereocenters. The number of benzene rings is 1. The van der Waals surface area contributed by atoms with Gasteiger partial charge < -0.3 is 10.6 Å². The van der Waals surface area contributed by atoms with Crippen LogP contribution < -0.4 is 5.73 Å². The third-order valence-electron chi connectivity index (χ3n) is 2.63. The first-order chi connectivity index (χ1) is 8.32. The van der Waals surface area contributed by atoms with E-state index in [9.17, 15) is 9.18 Å². The molecule has 2 N–H and O–H groups in total. The number of carbonyl (C=O) groups is 1. The summed E-state index contributed by atoms with van der Waals surface area (Å²) >= 11 is 4.84. The number of rotatable bonds is 4. The van der Waals surface area contributed by atoms with Crippen molar-refractivity contribution < 1.29 is 9.18 Å². The van der Waals surface area contributed by atoms with Gasteiger partial charge in [0.25, 0.3) is 5.91 Å². The van der Waals surface area contributed by atoms with E-state index in [4.69, 9.17) is 18.0 Å². The zero-order chi connectivity index (χ0) is 13.9. The highest BCUT2D eigenvalue weighted by molar-refractivity contribution is 7.80. The van der Waals surface area contributed by atoms with Crippen molar-refractivity contribution in [3.8, 4) is 0 Å². The van der Waals surface area contributed by atoms with Gasteiger partial charge in [-0.2, -0.15) is 0 Å². The molecular formula is C13H17FN2OS. The molecule has 0 aliphatic heterocycles. The first kappa shape index (κ1) is 14.6. The van der Waals surface area contributed by atoms with E-state index in [-0.39, 0.29) is 29.3 Å². The molecule has 18 heavy (non-hydrogen) atoms. The van der Waals surface area contributed by atoms with E-state index in [2.05, 4.69) is 0 Å². The number of hydrogen-bond acceptors (Lipinski definition) is 2. The zero-order valence-corrected chi connectivity index (χ0v) is 11.6. The van der Waals surface area contributed by atoms with E-state index < -0.39 is 0 Å². The summed E-state index contributed by atoms with van der Waals surface area (Å²) < 4.78 is 13.0. The van der Waals surface area contributed by atoms with E-state index >= 15 is 0 Å². The Kier molecular flexibility index (Phi) is 4.78. The Morgan fingerprint density at radius 3 is 2.56 bits per heavy atom. The first-order valence-corrected chi connectivity index (χ1v) is 6.09. The molecule has 0 heterocycles. The molecule has 0 radical (unpaired) electrons. The summed E-state index contributed by atoms with van der Waals surface area (Å²) in [6.45, 7) is 5.70. The fourth-order valence-corrected chi connectivity index (χ4v) is 1.82. The molecule has 0 aromatic heterocycles. The second-order valence-electron chi connectivity index (χ2n) is 4.45. The highest BCUT2D eigenvalue weighted by Gasteiger charge is 2.20. The summed E-state index contributed by atoms with van der Waals surface area (Å²) in [6.07, 6.45) is 0. The van der Waals surface area contributed by atoms with Crippen molar-refractivity contribution in [2.45, 2.75) is 26.8 Å². The van der Waals surface area contributed by atoms with Gasteiger partial charge in [0.1, 0.15) is 5.82 Å². The highest BCUT2D eigenvalue weighted by atomic mass is 32.1. The smallest absolute Gasteiger partial charge is 0.254 e. The van der Waals surface area contributed by atoms with Crippen LogP contribution in [0.5, 0.6) is 0 Å². The summed E-state index contributed by atoms with van der Waals surface area (Å²) in [6, 6.07) is 4.08. The SMILES string of the molecule is Cc1cc(F)ccc1C(=O)N(CC(N)=S)C(C)C. The zero-order valence-electron chi connectivity index (χ0n) is 10.7. The van der Waals surface area contributed by atoms with Crippen molar-refractivity contribution in [3.05, 3.63) is 35.1 Å². The van der Waals surface area contributed by atoms with E-state index in [0.717, 1.165) is 0 Å². The number of nitrogens with two attached hydrogens (primary N) is 1. The number of nitrogens with zero attached hydrogens (tertiary/aromatic N) is 1. The second-order valence-corrected chi connectivity index (χ2v) is 4.98. The Morgan fingerprint density at radius 1 is 1.50 bits per heavy atom. The first-order valence-electron chi connectivity index (χ1n) is 5.68. The lowest BCUT2D eigenvalue weighted by Gasteiger charge is -2.26. The van der Waals surface area contributed by atoms with E-state index in [1.165, 1.54) is 18.2 Å². The van der Waals surface area contributed by atoms with Crippen LogP contribution in [-0.4, -0.2) is 28.4 Å². The van der Waals surface area contributed by atoms with Crippen molar-refractivity contribution in [2.75, 3.05) is 6.54 Å². The molecule has 3 nitrogen and oxygen atoms in total. The molecule has 0 saturated carbocycles. The van der Waals surface area contributed by atoms with Crippen LogP contribution in [0.4, 0.5) is 4.39 Å². The van der Waals surface area contributed by atoms with Gasteiger partial charge >= 0.3 is 0 Å². The fraction of sp³-hybridized carbons (Fsp3) is 0.385. The Morgan fingerprint density at radius 2 is 2.11 bits per heavy atom. The summed E-state index contributed by atoms with van der Waals surface area (Å²) in [5, 5.41) is 0. The molecule has 0 bridgehead atoms. The van der Waals surface area contributed by atoms with Gasteiger partial charge in [-0.1, -0.05) is 12.2 Å². The normalized spacial score (nSPS) is 10.5. The van der Waals surface area contributed by atoms with Gasteiger partial charge in [-0.05, 0) is 44.5 Å². The van der Waals surface area contributed by atoms with Gasteiger partial charge in [0, 0.05) is 11.6 Å². The third kappa shape index (κ3) is 3.50. The molecular weight excluding hydrogens is 251 g/mol. The van der Waals surface area contributed by atoms with Crippen LogP contribution in [0.3, 0.4) is 0 Å². The maximum atomic E-state index is 13.0. The van der Waals surface area contributed by atoms with Gasteiger partial charge in [0.2, 0.25) is 0 Å². The number of thiocarbonyl (C=S) groups is 1. The van der Waals surface area contributed by atoms with Crippen molar-refractivity contribution in [1.82, 2.24) is 4.90 Å². The third-order valence-corrected chi connectivity index (χ3v) is 2.76. The van der Waals surface area contributed by atoms with Gasteiger partial charge in [-0.3, -0.25) is 4.79 Å². The second kappa shape index (κ2) is 5.91. The predicted molar refractivity (Wildman–Crippen MR) is 74.1 cm³/mol. The van der Waals surface area contributed by atoms with Crippen molar-refractivity contribution in [2.24, 2.45) is 5.73 Å². The lowest BCUT2D eigenvalue weighted by Crippen LogP contribution is -2.42. The number of amides is 1. The van der Waals surface area contributed by atoms with Crippen LogP contribution in [0.2, 0.25) is 0 Å². The number of aryl methyl sites for hydroxylation is 1. The molecule has 1 rings (SSSR count). The predicted octanol–water partition coefficient (Wildman–Crippen LogP) is 2.27. The average Bonchev–Trinajstić information content (AvgIpc) is 2.24. The van der Waals surface area contributed by atoms with Gasteiger partial charge in [-0.25, -0.2) is 4.39 Å². The number of halogens is 1. The minimum absolute atomic E-state index is 0.0246. The summed E-state index contributed by atoms with van der Waals surface area (Å²) in [5.74, 6) is -0.537. The Hall–Kier alpha value is -1.49. The molecule has 1 aromatic carbocycles. The minimum Gasteiger partial charge on any atom is -0.392 e. The molecule has 5 heteroatoms. The van der Waals surface area contributed by atoms with Crippen molar-refractivity contribution in [1.29, 1.82) is 0 Å². The average molecular weight is 268 g/mol. The Labute approximate surface area is 112 Å². The van der Waals surface area contributed by atoms with Crippen molar-refractivity contribution in [3.63, 3.8) is 0 Å². The van der Waals surface area contributed by atoms with E-state index in [1.54, 1.807) is 11.8 Å². The van der Waals surface area contributed by atoms with Crippen LogP contribution >= 0.6 is 12.2 Å². The van der Waals surface area contributed by atoms with Gasteiger partial charge in [-0.15, -0.1) is 0 Å². The minimum atomic E-state index is -0.352. The summed E-state index contributed by atoms with van der Waals surface area (Å²) in [4.78, 5) is 14.2. The van der Waals surface area contributed by atoms with Crippen LogP contribution in [0.1, 0.15) is 29.8 Å². The maximum absolute atomic E-state index is 13.0. The molecule has 0 aliphatic carbocycles. The highest BCUT2D eigenvalue weighted by Crippen LogP contribution is 2.14. The molecule has 98 valence electrons. The topological polar surface area (TPSA) is 46.3 Å². The standard InChI is InChI=1S/C13H17FN2OS/c1-8(2)16(7-12(15)18)13(17)11-5-4-10(14)6-9(11)3/h4-6,8H,7H2,1-3H3,(H2,15,18). The maximum Gasteiger partial charge on any atom is 0.254 e. The molecule has 0 atom stereocenters. The summed E-state index contributed by atoms with van der Waals surface area (Å²) in [5.41, 5.74) is 6.57. The molecule has 0 spiro atoms. The number of carbonyl (C=O) groups excluding carboxylic acids is 1. The molecule has 1 amide bonds. The monoisotopic (exact) mass is 268 g/mol. The molecule has 1 aromatic rings. The molecule has 0 aliphatic rings. The van der Waals surface area contributed by atoms with Crippen LogP contribution in [-0.2, 0) is 0 Å². The molecule has 0 saturated heterocycles. The van der Waals surface area contributed by atoms with Crippen LogP contribution in [0.25, 0.3) is 0 Å². The lowest BCUT2D eigenvalue weighted by molar-refractivity contribution is 0.0735.